The van der Waals surface area contributed by atoms with Crippen LogP contribution in [0.3, 0.4) is 0 Å². The number of halogens is 2. The number of quaternary nitrogens is 2. The third-order valence-electron chi connectivity index (χ3n) is 0.926. The first-order valence-electron chi connectivity index (χ1n) is 2.94. The predicted molar refractivity (Wildman–Crippen MR) is 37.1 cm³/mol. The van der Waals surface area contributed by atoms with E-state index < -0.39 is 12.1 Å². The van der Waals surface area contributed by atoms with Crippen molar-refractivity contribution in [2.45, 2.75) is 32.4 Å². The Balaban J connectivity index is -0.000000107. The van der Waals surface area contributed by atoms with Crippen LogP contribution >= 0.6 is 0 Å². The lowest BCUT2D eigenvalue weighted by Crippen LogP contribution is -3.00. The van der Waals surface area contributed by atoms with Crippen LogP contribution in [0.1, 0.15) is 20.3 Å². The van der Waals surface area contributed by atoms with Gasteiger partial charge < -0.3 is 46.3 Å². The summed E-state index contributed by atoms with van der Waals surface area (Å²) < 4.78 is 0. The van der Waals surface area contributed by atoms with Crippen LogP contribution in [0.4, 0.5) is 0 Å². The predicted octanol–water partition coefficient (Wildman–Crippen LogP) is -7.68. The van der Waals surface area contributed by atoms with Gasteiger partial charge in [0.2, 0.25) is 0 Å². The van der Waals surface area contributed by atoms with E-state index >= 15 is 0 Å². The van der Waals surface area contributed by atoms with Crippen LogP contribution in [-0.4, -0.2) is 27.5 Å². The molecule has 0 aromatic carbocycles. The molecule has 0 amide bonds. The molecular formula is C5H18Cl2N2O3. The summed E-state index contributed by atoms with van der Waals surface area (Å²) in [6.45, 7) is 2.96. The minimum absolute atomic E-state index is 0. The Morgan fingerprint density at radius 3 is 1.75 bits per heavy atom. The molecular weight excluding hydrogens is 207 g/mol. The monoisotopic (exact) mass is 224 g/mol. The lowest BCUT2D eigenvalue weighted by atomic mass is 10.4. The van der Waals surface area contributed by atoms with Crippen molar-refractivity contribution in [2.24, 2.45) is 0 Å². The second kappa shape index (κ2) is 9.47. The molecule has 0 saturated heterocycles. The van der Waals surface area contributed by atoms with Gasteiger partial charge in [0.15, 0.2) is 6.23 Å². The maximum absolute atomic E-state index is 8.82. The number of rotatable bonds is 3. The van der Waals surface area contributed by atoms with Crippen LogP contribution in [0.25, 0.3) is 0 Å². The van der Waals surface area contributed by atoms with Crippen molar-refractivity contribution >= 4 is 0 Å². The van der Waals surface area contributed by atoms with Gasteiger partial charge in [-0.1, -0.05) is 6.92 Å². The second-order valence-corrected chi connectivity index (χ2v) is 2.24. The molecule has 0 aliphatic heterocycles. The van der Waals surface area contributed by atoms with Gasteiger partial charge in [0.1, 0.15) is 0 Å². The van der Waals surface area contributed by atoms with Gasteiger partial charge in [-0.3, -0.25) is 5.32 Å². The largest absolute Gasteiger partial charge is 1.00 e. The van der Waals surface area contributed by atoms with Crippen molar-refractivity contribution in [3.05, 3.63) is 0 Å². The fourth-order valence-electron chi connectivity index (χ4n) is 0.482. The number of aliphatic hydroxyl groups excluding tert-OH is 1. The fraction of sp³-hybridized carbons (Fsp3) is 1.00. The minimum Gasteiger partial charge on any atom is -1.00 e. The third-order valence-corrected chi connectivity index (χ3v) is 0.926. The second-order valence-electron chi connectivity index (χ2n) is 2.24. The van der Waals surface area contributed by atoms with Crippen LogP contribution < -0.4 is 36.3 Å². The Hall–Kier alpha value is 0.380. The average Bonchev–Trinajstić information content (AvgIpc) is 1.62. The molecule has 1 atom stereocenters. The summed E-state index contributed by atoms with van der Waals surface area (Å²) >= 11 is 0. The molecule has 0 rings (SSSR count). The van der Waals surface area contributed by atoms with Crippen molar-refractivity contribution in [3.8, 4) is 0 Å². The number of hydrogen-bond acceptors (Lipinski definition) is 3. The van der Waals surface area contributed by atoms with E-state index in [1.807, 2.05) is 0 Å². The fourth-order valence-corrected chi connectivity index (χ4v) is 0.482. The Bertz CT molecular complexity index is 89.3. The zero-order chi connectivity index (χ0) is 7.49. The molecule has 1 unspecified atom stereocenters. The Morgan fingerprint density at radius 1 is 1.33 bits per heavy atom. The van der Waals surface area contributed by atoms with Crippen LogP contribution in [0.2, 0.25) is 0 Å². The molecule has 0 aromatic heterocycles. The van der Waals surface area contributed by atoms with E-state index in [2.05, 4.69) is 0 Å². The highest BCUT2D eigenvalue weighted by Gasteiger charge is 2.22. The van der Waals surface area contributed by atoms with Crippen molar-refractivity contribution in [3.63, 3.8) is 0 Å². The quantitative estimate of drug-likeness (QED) is 0.307. The van der Waals surface area contributed by atoms with E-state index in [1.54, 1.807) is 6.92 Å². The summed E-state index contributed by atoms with van der Waals surface area (Å²) in [4.78, 5) is 0. The Morgan fingerprint density at radius 2 is 1.67 bits per heavy atom. The normalized spacial score (nSPS) is 11.8. The minimum atomic E-state index is -1.85. The highest BCUT2D eigenvalue weighted by atomic mass is 35.5. The first kappa shape index (κ1) is 22.8. The van der Waals surface area contributed by atoms with Gasteiger partial charge in [0.25, 0.3) is 0 Å². The van der Waals surface area contributed by atoms with E-state index in [0.717, 1.165) is 5.32 Å². The van der Waals surface area contributed by atoms with Crippen molar-refractivity contribution < 1.29 is 45.5 Å². The maximum Gasteiger partial charge on any atom is 0.309 e. The van der Waals surface area contributed by atoms with E-state index in [9.17, 15) is 0 Å². The third kappa shape index (κ3) is 16.8. The summed E-state index contributed by atoms with van der Waals surface area (Å²) in [5.74, 6) is -1.85. The lowest BCUT2D eigenvalue weighted by molar-refractivity contribution is -0.852. The summed E-state index contributed by atoms with van der Waals surface area (Å²) in [6, 6.07) is 0. The molecule has 0 radical (unpaired) electrons. The van der Waals surface area contributed by atoms with E-state index in [0.29, 0.717) is 6.42 Å². The molecule has 0 spiro atoms. The van der Waals surface area contributed by atoms with Gasteiger partial charge in [-0.25, -0.2) is 0 Å². The van der Waals surface area contributed by atoms with Crippen molar-refractivity contribution in [1.29, 1.82) is 0 Å². The molecule has 7 heteroatoms. The highest BCUT2D eigenvalue weighted by Crippen LogP contribution is 1.82. The van der Waals surface area contributed by atoms with Gasteiger partial charge in [0.05, 0.1) is 0 Å². The van der Waals surface area contributed by atoms with Crippen LogP contribution in [0, 0.1) is 0 Å². The van der Waals surface area contributed by atoms with Gasteiger partial charge in [-0.2, -0.15) is 0 Å². The number of hydrogen-bond donors (Lipinski definition) is 5. The molecule has 0 bridgehead atoms. The molecule has 0 fully saturated rings. The van der Waals surface area contributed by atoms with Crippen LogP contribution in [-0.2, 0) is 0 Å². The molecule has 0 saturated carbocycles. The van der Waals surface area contributed by atoms with Gasteiger partial charge in [-0.15, -0.1) is 0 Å². The molecule has 9 N–H and O–H groups in total. The number of nitrogens with two attached hydrogens (primary N) is 1. The zero-order valence-electron chi connectivity index (χ0n) is 7.46. The highest BCUT2D eigenvalue weighted by molar-refractivity contribution is 4.31. The summed E-state index contributed by atoms with van der Waals surface area (Å²) in [6.07, 6.45) is -0.235. The van der Waals surface area contributed by atoms with Gasteiger partial charge >= 0.3 is 5.91 Å². The maximum atomic E-state index is 8.82. The summed E-state index contributed by atoms with van der Waals surface area (Å²) in [5.41, 5.74) is 0. The van der Waals surface area contributed by atoms with Crippen molar-refractivity contribution in [1.82, 2.24) is 6.15 Å². The summed E-state index contributed by atoms with van der Waals surface area (Å²) in [7, 11) is 0. The molecule has 0 aliphatic rings. The standard InChI is InChI=1S/C5H13NO3.2ClH.H3N/c1-3-4(7)6-5(2,8)9;;;/h4,6-9H,3H2,1-2H3;2*1H;1H3. The molecule has 0 aromatic rings. The smallest absolute Gasteiger partial charge is 0.309 e. The van der Waals surface area contributed by atoms with E-state index in [4.69, 9.17) is 15.3 Å². The molecule has 0 heterocycles. The molecule has 0 aliphatic carbocycles. The Labute approximate surface area is 84.6 Å². The lowest BCUT2D eigenvalue weighted by Gasteiger charge is -2.16. The Kier molecular flexibility index (Phi) is 18.0. The van der Waals surface area contributed by atoms with Crippen molar-refractivity contribution in [2.75, 3.05) is 0 Å². The molecule has 80 valence electrons. The molecule has 12 heavy (non-hydrogen) atoms. The van der Waals surface area contributed by atoms with E-state index in [-0.39, 0.29) is 31.0 Å². The topological polar surface area (TPSA) is 114 Å². The first-order valence-corrected chi connectivity index (χ1v) is 2.94. The van der Waals surface area contributed by atoms with Crippen LogP contribution in [0.15, 0.2) is 0 Å². The first-order chi connectivity index (χ1) is 3.95. The SMILES string of the molecule is CCC(O)[NH2+]C(C)(O)O.[Cl-].[Cl-].[NH4+]. The average molecular weight is 225 g/mol. The summed E-state index contributed by atoms with van der Waals surface area (Å²) in [5, 5.41) is 27.2. The van der Waals surface area contributed by atoms with Crippen LogP contribution in [0.5, 0.6) is 0 Å². The van der Waals surface area contributed by atoms with Gasteiger partial charge in [-0.05, 0) is 0 Å². The molecule has 5 nitrogen and oxygen atoms in total. The van der Waals surface area contributed by atoms with E-state index in [1.165, 1.54) is 6.92 Å². The number of aliphatic hydroxyl groups is 3. The van der Waals surface area contributed by atoms with Gasteiger partial charge in [0, 0.05) is 13.3 Å². The zero-order valence-corrected chi connectivity index (χ0v) is 8.97.